The molecule has 1 amide bonds. The van der Waals surface area contributed by atoms with Gasteiger partial charge in [0.2, 0.25) is 10.0 Å². The van der Waals surface area contributed by atoms with E-state index in [0.29, 0.717) is 5.76 Å². The van der Waals surface area contributed by atoms with Crippen LogP contribution in [-0.2, 0) is 10.0 Å². The molecule has 3 aromatic rings. The highest BCUT2D eigenvalue weighted by molar-refractivity contribution is 7.89. The summed E-state index contributed by atoms with van der Waals surface area (Å²) in [5.41, 5.74) is 1.02. The smallest absolute Gasteiger partial charge is 0.251 e. The molecule has 3 rings (SSSR count). The number of sulfonamides is 1. The molecule has 0 aliphatic carbocycles. The van der Waals surface area contributed by atoms with Crippen molar-refractivity contribution in [1.29, 1.82) is 0 Å². The molecule has 0 saturated heterocycles. The minimum Gasteiger partial charge on any atom is -0.459 e. The summed E-state index contributed by atoms with van der Waals surface area (Å²) in [5.74, 6) is 0.263. The van der Waals surface area contributed by atoms with Crippen molar-refractivity contribution in [3.63, 3.8) is 0 Å². The van der Waals surface area contributed by atoms with E-state index in [-0.39, 0.29) is 28.4 Å². The third-order valence-corrected chi connectivity index (χ3v) is 5.67. The van der Waals surface area contributed by atoms with Gasteiger partial charge in [0, 0.05) is 17.0 Å². The van der Waals surface area contributed by atoms with Gasteiger partial charge in [0.25, 0.3) is 5.91 Å². The SMILES string of the molecule is CC(C)NS(=O)(=O)c1cccc(C(=O)NC(C)c2cc3ccccc3o2)c1. The minimum absolute atomic E-state index is 0.0558. The summed E-state index contributed by atoms with van der Waals surface area (Å²) in [4.78, 5) is 12.6. The number of rotatable bonds is 6. The van der Waals surface area contributed by atoms with Gasteiger partial charge in [0.05, 0.1) is 10.9 Å². The van der Waals surface area contributed by atoms with E-state index in [1.165, 1.54) is 12.1 Å². The second kappa shape index (κ2) is 7.54. The largest absolute Gasteiger partial charge is 0.459 e. The summed E-state index contributed by atoms with van der Waals surface area (Å²) >= 11 is 0. The first-order valence-electron chi connectivity index (χ1n) is 8.68. The van der Waals surface area contributed by atoms with Crippen LogP contribution in [0.3, 0.4) is 0 Å². The third kappa shape index (κ3) is 4.37. The summed E-state index contributed by atoms with van der Waals surface area (Å²) in [6, 6.07) is 14.8. The van der Waals surface area contributed by atoms with Crippen LogP contribution in [0.4, 0.5) is 0 Å². The average molecular weight is 386 g/mol. The van der Waals surface area contributed by atoms with Crippen molar-refractivity contribution in [2.75, 3.05) is 0 Å². The monoisotopic (exact) mass is 386 g/mol. The van der Waals surface area contributed by atoms with Crippen molar-refractivity contribution < 1.29 is 17.6 Å². The summed E-state index contributed by atoms with van der Waals surface area (Å²) in [6.45, 7) is 5.29. The number of hydrogen-bond acceptors (Lipinski definition) is 4. The van der Waals surface area contributed by atoms with Gasteiger partial charge < -0.3 is 9.73 Å². The summed E-state index contributed by atoms with van der Waals surface area (Å²) in [6.07, 6.45) is 0. The van der Waals surface area contributed by atoms with E-state index in [9.17, 15) is 13.2 Å². The van der Waals surface area contributed by atoms with Crippen molar-refractivity contribution >= 4 is 26.9 Å². The molecule has 1 atom stereocenters. The Kier molecular flexibility index (Phi) is 5.34. The van der Waals surface area contributed by atoms with Crippen LogP contribution in [0.1, 0.15) is 42.9 Å². The molecule has 2 aromatic carbocycles. The van der Waals surface area contributed by atoms with Crippen molar-refractivity contribution in [2.45, 2.75) is 37.8 Å². The molecule has 0 spiro atoms. The Hall–Kier alpha value is -2.64. The highest BCUT2D eigenvalue weighted by atomic mass is 32.2. The van der Waals surface area contributed by atoms with Crippen molar-refractivity contribution in [3.05, 3.63) is 65.9 Å². The lowest BCUT2D eigenvalue weighted by atomic mass is 10.1. The lowest BCUT2D eigenvalue weighted by Crippen LogP contribution is -2.31. The van der Waals surface area contributed by atoms with Gasteiger partial charge in [-0.1, -0.05) is 24.3 Å². The number of carbonyl (C=O) groups is 1. The zero-order chi connectivity index (χ0) is 19.6. The first kappa shape index (κ1) is 19.1. The van der Waals surface area contributed by atoms with E-state index in [1.54, 1.807) is 26.0 Å². The molecule has 142 valence electrons. The fraction of sp³-hybridized carbons (Fsp3) is 0.250. The topological polar surface area (TPSA) is 88.4 Å². The zero-order valence-corrected chi connectivity index (χ0v) is 16.2. The minimum atomic E-state index is -3.66. The molecule has 0 aliphatic rings. The van der Waals surface area contributed by atoms with Crippen LogP contribution in [-0.4, -0.2) is 20.4 Å². The van der Waals surface area contributed by atoms with Crippen LogP contribution in [0.25, 0.3) is 11.0 Å². The molecule has 0 aliphatic heterocycles. The molecule has 0 saturated carbocycles. The number of furan rings is 1. The molecule has 2 N–H and O–H groups in total. The Bertz CT molecular complexity index is 1040. The van der Waals surface area contributed by atoms with Gasteiger partial charge in [-0.05, 0) is 51.1 Å². The molecular formula is C20H22N2O4S. The van der Waals surface area contributed by atoms with Gasteiger partial charge in [-0.25, -0.2) is 13.1 Å². The fourth-order valence-corrected chi connectivity index (χ4v) is 4.05. The van der Waals surface area contributed by atoms with Crippen molar-refractivity contribution in [2.24, 2.45) is 0 Å². The number of carbonyl (C=O) groups excluding carboxylic acids is 1. The second-order valence-electron chi connectivity index (χ2n) is 6.69. The zero-order valence-electron chi connectivity index (χ0n) is 15.4. The number of nitrogens with one attached hydrogen (secondary N) is 2. The lowest BCUT2D eigenvalue weighted by molar-refractivity contribution is 0.0935. The van der Waals surface area contributed by atoms with Gasteiger partial charge >= 0.3 is 0 Å². The fourth-order valence-electron chi connectivity index (χ4n) is 2.75. The second-order valence-corrected chi connectivity index (χ2v) is 8.40. The van der Waals surface area contributed by atoms with Crippen LogP contribution in [0, 0.1) is 0 Å². The Morgan fingerprint density at radius 3 is 2.44 bits per heavy atom. The molecular weight excluding hydrogens is 364 g/mol. The van der Waals surface area contributed by atoms with Gasteiger partial charge in [0.15, 0.2) is 0 Å². The first-order chi connectivity index (χ1) is 12.8. The van der Waals surface area contributed by atoms with E-state index in [0.717, 1.165) is 11.0 Å². The molecule has 1 aromatic heterocycles. The molecule has 0 bridgehead atoms. The molecule has 7 heteroatoms. The van der Waals surface area contributed by atoms with Gasteiger partial charge in [0.1, 0.15) is 11.3 Å². The molecule has 1 heterocycles. The van der Waals surface area contributed by atoms with E-state index in [2.05, 4.69) is 10.0 Å². The van der Waals surface area contributed by atoms with E-state index in [1.807, 2.05) is 37.3 Å². The van der Waals surface area contributed by atoms with Gasteiger partial charge in [-0.15, -0.1) is 0 Å². The average Bonchev–Trinajstić information content (AvgIpc) is 3.05. The van der Waals surface area contributed by atoms with Gasteiger partial charge in [-0.3, -0.25) is 4.79 Å². The summed E-state index contributed by atoms with van der Waals surface area (Å²) < 4.78 is 32.9. The van der Waals surface area contributed by atoms with Crippen LogP contribution < -0.4 is 10.0 Å². The molecule has 6 nitrogen and oxygen atoms in total. The van der Waals surface area contributed by atoms with E-state index < -0.39 is 10.0 Å². The maximum absolute atomic E-state index is 12.6. The molecule has 1 unspecified atom stereocenters. The Balaban J connectivity index is 1.78. The van der Waals surface area contributed by atoms with Crippen molar-refractivity contribution in [3.8, 4) is 0 Å². The highest BCUT2D eigenvalue weighted by Crippen LogP contribution is 2.24. The van der Waals surface area contributed by atoms with Crippen LogP contribution in [0.5, 0.6) is 0 Å². The number of amides is 1. The predicted molar refractivity (Wildman–Crippen MR) is 104 cm³/mol. The molecule has 0 radical (unpaired) electrons. The number of fused-ring (bicyclic) bond motifs is 1. The maximum Gasteiger partial charge on any atom is 0.251 e. The highest BCUT2D eigenvalue weighted by Gasteiger charge is 2.19. The van der Waals surface area contributed by atoms with Crippen molar-refractivity contribution in [1.82, 2.24) is 10.0 Å². The standard InChI is InChI=1S/C20H22N2O4S/c1-13(2)22-27(24,25)17-9-6-8-16(11-17)20(23)21-14(3)19-12-15-7-4-5-10-18(15)26-19/h4-14,22H,1-3H3,(H,21,23). The maximum atomic E-state index is 12.6. The number of benzene rings is 2. The van der Waals surface area contributed by atoms with Crippen LogP contribution >= 0.6 is 0 Å². The number of para-hydroxylation sites is 1. The summed E-state index contributed by atoms with van der Waals surface area (Å²) in [7, 11) is -3.66. The Morgan fingerprint density at radius 1 is 1.00 bits per heavy atom. The first-order valence-corrected chi connectivity index (χ1v) is 10.2. The quantitative estimate of drug-likeness (QED) is 0.677. The third-order valence-electron chi connectivity index (χ3n) is 4.02. The molecule has 27 heavy (non-hydrogen) atoms. The molecule has 0 fully saturated rings. The lowest BCUT2D eigenvalue weighted by Gasteiger charge is -2.13. The normalized spacial score (nSPS) is 13.0. The Labute approximate surface area is 158 Å². The van der Waals surface area contributed by atoms with Crippen LogP contribution in [0.15, 0.2) is 63.9 Å². The van der Waals surface area contributed by atoms with E-state index >= 15 is 0 Å². The number of hydrogen-bond donors (Lipinski definition) is 2. The predicted octanol–water partition coefficient (Wildman–Crippen LogP) is 3.61. The Morgan fingerprint density at radius 2 is 1.74 bits per heavy atom. The van der Waals surface area contributed by atoms with E-state index in [4.69, 9.17) is 4.42 Å². The van der Waals surface area contributed by atoms with Gasteiger partial charge in [-0.2, -0.15) is 0 Å². The van der Waals surface area contributed by atoms with Crippen LogP contribution in [0.2, 0.25) is 0 Å². The summed E-state index contributed by atoms with van der Waals surface area (Å²) in [5, 5.41) is 3.80.